The monoisotopic (exact) mass is 386 g/mol. The van der Waals surface area contributed by atoms with E-state index in [1.807, 2.05) is 35.6 Å². The van der Waals surface area contributed by atoms with Crippen molar-refractivity contribution in [1.29, 1.82) is 0 Å². The summed E-state index contributed by atoms with van der Waals surface area (Å²) < 4.78 is 15.1. The van der Waals surface area contributed by atoms with Crippen LogP contribution < -0.4 is 0 Å². The number of halogens is 1. The lowest BCUT2D eigenvalue weighted by molar-refractivity contribution is 0.0701. The first-order valence-corrected chi connectivity index (χ1v) is 10.2. The Hall–Kier alpha value is -2.21. The summed E-state index contributed by atoms with van der Waals surface area (Å²) in [6.45, 7) is 12.3. The fraction of sp³-hybridized carbons (Fsp3) is 0.545. The van der Waals surface area contributed by atoms with Gasteiger partial charge in [-0.3, -0.25) is 14.4 Å². The lowest BCUT2D eigenvalue weighted by Gasteiger charge is -2.34. The number of nitrogens with zero attached hydrogens (tertiary/aromatic N) is 4. The molecule has 0 bridgehead atoms. The van der Waals surface area contributed by atoms with E-state index in [4.69, 9.17) is 0 Å². The molecule has 0 unspecified atom stereocenters. The molecule has 28 heavy (non-hydrogen) atoms. The molecule has 1 aromatic carbocycles. The van der Waals surface area contributed by atoms with E-state index in [1.165, 1.54) is 12.1 Å². The van der Waals surface area contributed by atoms with Crippen molar-refractivity contribution in [3.8, 4) is 0 Å². The second-order valence-electron chi connectivity index (χ2n) is 7.97. The Morgan fingerprint density at radius 2 is 1.96 bits per heavy atom. The molecule has 1 amide bonds. The number of benzene rings is 1. The Bertz CT molecular complexity index is 799. The number of aromatic nitrogens is 2. The summed E-state index contributed by atoms with van der Waals surface area (Å²) in [5.74, 6) is 0.277. The average Bonchev–Trinajstić information content (AvgIpc) is 2.91. The van der Waals surface area contributed by atoms with Crippen molar-refractivity contribution in [3.05, 3.63) is 53.1 Å². The largest absolute Gasteiger partial charge is 0.337 e. The number of carbonyl (C=O) groups is 1. The zero-order valence-corrected chi connectivity index (χ0v) is 17.4. The number of aryl methyl sites for hydroxylation is 1. The van der Waals surface area contributed by atoms with Crippen LogP contribution >= 0.6 is 0 Å². The SMILES string of the molecule is CCn1ncc(C(=O)N2CCCN(Cc3ccc(F)cc3)[C@@H](C(C)C)C2)c1C. The van der Waals surface area contributed by atoms with Gasteiger partial charge in [0, 0.05) is 44.5 Å². The number of hydrogen-bond donors (Lipinski definition) is 0. The summed E-state index contributed by atoms with van der Waals surface area (Å²) in [6, 6.07) is 6.99. The van der Waals surface area contributed by atoms with Crippen LogP contribution in [-0.2, 0) is 13.1 Å². The minimum absolute atomic E-state index is 0.0754. The van der Waals surface area contributed by atoms with E-state index < -0.39 is 0 Å². The first-order valence-electron chi connectivity index (χ1n) is 10.2. The number of carbonyl (C=O) groups excluding carboxylic acids is 1. The number of hydrogen-bond acceptors (Lipinski definition) is 3. The van der Waals surface area contributed by atoms with E-state index >= 15 is 0 Å². The maximum absolute atomic E-state index is 13.2. The van der Waals surface area contributed by atoms with Crippen LogP contribution in [0.5, 0.6) is 0 Å². The van der Waals surface area contributed by atoms with Crippen molar-refractivity contribution in [2.75, 3.05) is 19.6 Å². The van der Waals surface area contributed by atoms with Crippen LogP contribution in [0.2, 0.25) is 0 Å². The van der Waals surface area contributed by atoms with Gasteiger partial charge in [-0.15, -0.1) is 0 Å². The molecule has 6 heteroatoms. The molecule has 1 aromatic heterocycles. The summed E-state index contributed by atoms with van der Waals surface area (Å²) in [7, 11) is 0. The lowest BCUT2D eigenvalue weighted by atomic mass is 10.0. The van der Waals surface area contributed by atoms with E-state index in [1.54, 1.807) is 6.20 Å². The molecule has 1 aliphatic rings. The minimum atomic E-state index is -0.209. The molecule has 0 N–H and O–H groups in total. The molecule has 2 aromatic rings. The first kappa shape index (κ1) is 20.5. The van der Waals surface area contributed by atoms with E-state index in [9.17, 15) is 9.18 Å². The number of amides is 1. The molecule has 152 valence electrons. The summed E-state index contributed by atoms with van der Waals surface area (Å²) in [4.78, 5) is 17.6. The second-order valence-corrected chi connectivity index (χ2v) is 7.97. The molecule has 5 nitrogen and oxygen atoms in total. The van der Waals surface area contributed by atoms with Crippen LogP contribution in [0.15, 0.2) is 30.5 Å². The first-order chi connectivity index (χ1) is 13.4. The Kier molecular flexibility index (Phi) is 6.50. The Morgan fingerprint density at radius 1 is 1.25 bits per heavy atom. The van der Waals surface area contributed by atoms with Crippen LogP contribution in [0.3, 0.4) is 0 Å². The second kappa shape index (κ2) is 8.86. The van der Waals surface area contributed by atoms with E-state index in [2.05, 4.69) is 23.8 Å². The average molecular weight is 387 g/mol. The van der Waals surface area contributed by atoms with Crippen molar-refractivity contribution >= 4 is 5.91 Å². The third kappa shape index (κ3) is 4.43. The normalized spacial score (nSPS) is 18.5. The van der Waals surface area contributed by atoms with Crippen molar-refractivity contribution in [2.24, 2.45) is 5.92 Å². The molecule has 1 fully saturated rings. The zero-order valence-electron chi connectivity index (χ0n) is 17.4. The summed E-state index contributed by atoms with van der Waals surface area (Å²) in [5.41, 5.74) is 2.74. The van der Waals surface area contributed by atoms with Gasteiger partial charge >= 0.3 is 0 Å². The maximum Gasteiger partial charge on any atom is 0.257 e. The van der Waals surface area contributed by atoms with Gasteiger partial charge in [0.15, 0.2) is 0 Å². The molecule has 1 atom stereocenters. The van der Waals surface area contributed by atoms with E-state index in [0.29, 0.717) is 18.0 Å². The van der Waals surface area contributed by atoms with Gasteiger partial charge in [-0.05, 0) is 43.9 Å². The highest BCUT2D eigenvalue weighted by molar-refractivity contribution is 5.95. The van der Waals surface area contributed by atoms with Gasteiger partial charge in [0.25, 0.3) is 5.91 Å². The third-order valence-corrected chi connectivity index (χ3v) is 5.74. The van der Waals surface area contributed by atoms with Gasteiger partial charge in [0.2, 0.25) is 0 Å². The van der Waals surface area contributed by atoms with Gasteiger partial charge in [-0.1, -0.05) is 26.0 Å². The molecule has 0 radical (unpaired) electrons. The highest BCUT2D eigenvalue weighted by Gasteiger charge is 2.31. The summed E-state index contributed by atoms with van der Waals surface area (Å²) in [5, 5.41) is 4.33. The van der Waals surface area contributed by atoms with Gasteiger partial charge in [0.05, 0.1) is 11.8 Å². The van der Waals surface area contributed by atoms with E-state index in [0.717, 1.165) is 43.9 Å². The highest BCUT2D eigenvalue weighted by Crippen LogP contribution is 2.22. The smallest absolute Gasteiger partial charge is 0.257 e. The quantitative estimate of drug-likeness (QED) is 0.786. The van der Waals surface area contributed by atoms with Crippen LogP contribution in [-0.4, -0.2) is 51.2 Å². The molecule has 0 spiro atoms. The van der Waals surface area contributed by atoms with Gasteiger partial charge in [-0.25, -0.2) is 4.39 Å². The van der Waals surface area contributed by atoms with Crippen molar-refractivity contribution < 1.29 is 9.18 Å². The van der Waals surface area contributed by atoms with Gasteiger partial charge in [-0.2, -0.15) is 5.10 Å². The topological polar surface area (TPSA) is 41.4 Å². The maximum atomic E-state index is 13.2. The Labute approximate surface area is 167 Å². The molecular weight excluding hydrogens is 355 g/mol. The Morgan fingerprint density at radius 3 is 2.57 bits per heavy atom. The van der Waals surface area contributed by atoms with Crippen molar-refractivity contribution in [2.45, 2.75) is 53.2 Å². The zero-order chi connectivity index (χ0) is 20.3. The van der Waals surface area contributed by atoms with Crippen LogP contribution in [0, 0.1) is 18.7 Å². The molecule has 3 rings (SSSR count). The fourth-order valence-electron chi connectivity index (χ4n) is 4.05. The highest BCUT2D eigenvalue weighted by atomic mass is 19.1. The predicted octanol–water partition coefficient (Wildman–Crippen LogP) is 3.72. The van der Waals surface area contributed by atoms with Gasteiger partial charge < -0.3 is 4.90 Å². The molecule has 0 saturated carbocycles. The summed E-state index contributed by atoms with van der Waals surface area (Å²) >= 11 is 0. The van der Waals surface area contributed by atoms with Crippen LogP contribution in [0.4, 0.5) is 4.39 Å². The van der Waals surface area contributed by atoms with Crippen LogP contribution in [0.1, 0.15) is 48.8 Å². The van der Waals surface area contributed by atoms with Crippen LogP contribution in [0.25, 0.3) is 0 Å². The molecular formula is C22H31FN4O. The lowest BCUT2D eigenvalue weighted by Crippen LogP contribution is -2.45. The van der Waals surface area contributed by atoms with Crippen molar-refractivity contribution in [3.63, 3.8) is 0 Å². The Balaban J connectivity index is 1.77. The standard InChI is InChI=1S/C22H31FN4O/c1-5-27-17(4)20(13-24-27)22(28)26-12-6-11-25(21(15-26)16(2)3)14-18-7-9-19(23)10-8-18/h7-10,13,16,21H,5-6,11-12,14-15H2,1-4H3/t21-/m1/s1. The summed E-state index contributed by atoms with van der Waals surface area (Å²) in [6.07, 6.45) is 2.63. The molecule has 0 aliphatic carbocycles. The molecule has 1 saturated heterocycles. The third-order valence-electron chi connectivity index (χ3n) is 5.74. The fourth-order valence-corrected chi connectivity index (χ4v) is 4.05. The minimum Gasteiger partial charge on any atom is -0.337 e. The molecule has 2 heterocycles. The number of rotatable bonds is 5. The van der Waals surface area contributed by atoms with E-state index in [-0.39, 0.29) is 17.8 Å². The predicted molar refractivity (Wildman–Crippen MR) is 109 cm³/mol. The van der Waals surface area contributed by atoms with Gasteiger partial charge in [0.1, 0.15) is 5.82 Å². The van der Waals surface area contributed by atoms with Crippen molar-refractivity contribution in [1.82, 2.24) is 19.6 Å². The molecule has 1 aliphatic heterocycles.